The van der Waals surface area contributed by atoms with Crippen LogP contribution in [-0.2, 0) is 13.0 Å². The second kappa shape index (κ2) is 7.99. The molecule has 4 aromatic rings. The van der Waals surface area contributed by atoms with Crippen LogP contribution >= 0.6 is 0 Å². The molecule has 0 saturated carbocycles. The average molecular weight is 438 g/mol. The maximum Gasteiger partial charge on any atom is 0.137 e. The summed E-state index contributed by atoms with van der Waals surface area (Å²) in [5.74, 6) is 0. The number of aromatic nitrogens is 3. The highest BCUT2D eigenvalue weighted by atomic mass is 15.1. The van der Waals surface area contributed by atoms with Gasteiger partial charge in [0.15, 0.2) is 0 Å². The molecule has 33 heavy (non-hydrogen) atoms. The van der Waals surface area contributed by atoms with Crippen LogP contribution in [0.25, 0.3) is 22.2 Å². The fourth-order valence-corrected chi connectivity index (χ4v) is 5.63. The molecule has 5 heterocycles. The van der Waals surface area contributed by atoms with Crippen molar-refractivity contribution in [1.29, 1.82) is 0 Å². The lowest BCUT2D eigenvalue weighted by Crippen LogP contribution is -2.32. The van der Waals surface area contributed by atoms with Crippen LogP contribution in [0, 0.1) is 20.8 Å². The van der Waals surface area contributed by atoms with E-state index in [4.69, 9.17) is 4.98 Å². The van der Waals surface area contributed by atoms with Crippen molar-refractivity contribution >= 4 is 16.7 Å². The first-order valence-electron chi connectivity index (χ1n) is 12.1. The maximum absolute atomic E-state index is 4.70. The van der Waals surface area contributed by atoms with E-state index in [1.807, 2.05) is 12.4 Å². The predicted molar refractivity (Wildman–Crippen MR) is 135 cm³/mol. The highest BCUT2D eigenvalue weighted by Gasteiger charge is 2.26. The topological polar surface area (TPSA) is 56.8 Å². The van der Waals surface area contributed by atoms with Gasteiger partial charge in [-0.05, 0) is 98.7 Å². The summed E-state index contributed by atoms with van der Waals surface area (Å²) in [6.45, 7) is 9.41. The average Bonchev–Trinajstić information content (AvgIpc) is 3.47. The Labute approximate surface area is 195 Å². The van der Waals surface area contributed by atoms with Crippen molar-refractivity contribution in [2.24, 2.45) is 0 Å². The van der Waals surface area contributed by atoms with Gasteiger partial charge in [0, 0.05) is 59.5 Å². The highest BCUT2D eigenvalue weighted by molar-refractivity contribution is 5.84. The minimum absolute atomic E-state index is 0.435. The van der Waals surface area contributed by atoms with Crippen molar-refractivity contribution in [2.45, 2.75) is 52.6 Å². The number of nitrogens with one attached hydrogen (secondary N) is 2. The number of hydrogen-bond acceptors (Lipinski definition) is 4. The number of hydrogen-bond donors (Lipinski definition) is 2. The summed E-state index contributed by atoms with van der Waals surface area (Å²) in [6.07, 6.45) is 7.56. The molecule has 3 aromatic heterocycles. The SMILES string of the molecule is Cc1cc(N2CCc3cc(-c4cnc5[nH]cc(C)c5c4)cc([C@@H]4CCCN4)c3C2)cc(C)n1. The van der Waals surface area contributed by atoms with Gasteiger partial charge in [-0.1, -0.05) is 6.07 Å². The largest absolute Gasteiger partial charge is 0.367 e. The van der Waals surface area contributed by atoms with Crippen LogP contribution in [-0.4, -0.2) is 28.0 Å². The summed E-state index contributed by atoms with van der Waals surface area (Å²) in [4.78, 5) is 15.1. The second-order valence-electron chi connectivity index (χ2n) is 9.72. The fraction of sp³-hybridized carbons (Fsp3) is 0.357. The number of aromatic amines is 1. The molecule has 2 N–H and O–H groups in total. The molecule has 2 aliphatic rings. The van der Waals surface area contributed by atoms with Crippen molar-refractivity contribution < 1.29 is 0 Å². The molecule has 0 bridgehead atoms. The van der Waals surface area contributed by atoms with Gasteiger partial charge >= 0.3 is 0 Å². The van der Waals surface area contributed by atoms with E-state index in [-0.39, 0.29) is 0 Å². The zero-order valence-corrected chi connectivity index (χ0v) is 19.7. The Balaban J connectivity index is 1.43. The van der Waals surface area contributed by atoms with E-state index in [2.05, 4.69) is 71.3 Å². The van der Waals surface area contributed by atoms with Crippen LogP contribution in [0.4, 0.5) is 5.69 Å². The van der Waals surface area contributed by atoms with Crippen LogP contribution in [0.1, 0.15) is 52.5 Å². The quantitative estimate of drug-likeness (QED) is 0.442. The number of aryl methyl sites for hydroxylation is 3. The summed E-state index contributed by atoms with van der Waals surface area (Å²) < 4.78 is 0. The van der Waals surface area contributed by atoms with Gasteiger partial charge in [0.1, 0.15) is 5.65 Å². The number of anilines is 1. The van der Waals surface area contributed by atoms with Crippen LogP contribution < -0.4 is 10.2 Å². The third-order valence-electron chi connectivity index (χ3n) is 7.32. The molecule has 5 heteroatoms. The standard InChI is InChI=1S/C28H31N5/c1-17-14-30-28-24(17)13-22(15-31-28)21-11-20-6-8-33(23-9-18(2)32-19(3)10-23)16-26(20)25(12-21)27-5-4-7-29-27/h9-15,27,29H,4-8,16H2,1-3H3,(H,30,31)/t27-/m0/s1. The van der Waals surface area contributed by atoms with Gasteiger partial charge < -0.3 is 15.2 Å². The molecule has 1 atom stereocenters. The molecule has 0 amide bonds. The van der Waals surface area contributed by atoms with Crippen molar-refractivity contribution in [3.05, 3.63) is 76.4 Å². The Morgan fingerprint density at radius 3 is 2.64 bits per heavy atom. The van der Waals surface area contributed by atoms with E-state index < -0.39 is 0 Å². The Morgan fingerprint density at radius 2 is 1.85 bits per heavy atom. The normalized spacial score (nSPS) is 18.2. The number of pyridine rings is 2. The van der Waals surface area contributed by atoms with Crippen LogP contribution in [0.2, 0.25) is 0 Å². The van der Waals surface area contributed by atoms with Gasteiger partial charge in [-0.3, -0.25) is 4.98 Å². The lowest BCUT2D eigenvalue weighted by molar-refractivity contribution is 0.625. The predicted octanol–water partition coefficient (Wildman–Crippen LogP) is 5.54. The Hall–Kier alpha value is -3.18. The molecule has 6 rings (SSSR count). The van der Waals surface area contributed by atoms with E-state index in [1.54, 1.807) is 0 Å². The molecule has 1 fully saturated rings. The Bertz CT molecular complexity index is 1330. The molecule has 5 nitrogen and oxygen atoms in total. The zero-order valence-electron chi connectivity index (χ0n) is 19.7. The van der Waals surface area contributed by atoms with Gasteiger partial charge in [-0.2, -0.15) is 0 Å². The number of nitrogens with zero attached hydrogens (tertiary/aromatic N) is 3. The van der Waals surface area contributed by atoms with Gasteiger partial charge in [0.2, 0.25) is 0 Å². The van der Waals surface area contributed by atoms with E-state index >= 15 is 0 Å². The van der Waals surface area contributed by atoms with Gasteiger partial charge in [0.25, 0.3) is 0 Å². The van der Waals surface area contributed by atoms with Crippen molar-refractivity contribution in [1.82, 2.24) is 20.3 Å². The molecule has 1 saturated heterocycles. The monoisotopic (exact) mass is 437 g/mol. The van der Waals surface area contributed by atoms with Gasteiger partial charge in [-0.25, -0.2) is 4.98 Å². The number of H-pyrrole nitrogens is 1. The first-order chi connectivity index (χ1) is 16.0. The van der Waals surface area contributed by atoms with Crippen LogP contribution in [0.5, 0.6) is 0 Å². The maximum atomic E-state index is 4.70. The molecule has 168 valence electrons. The number of fused-ring (bicyclic) bond motifs is 2. The van der Waals surface area contributed by atoms with E-state index in [9.17, 15) is 0 Å². The lowest BCUT2D eigenvalue weighted by Gasteiger charge is -2.34. The van der Waals surface area contributed by atoms with E-state index in [0.717, 1.165) is 43.1 Å². The second-order valence-corrected chi connectivity index (χ2v) is 9.72. The van der Waals surface area contributed by atoms with Crippen LogP contribution in [0.3, 0.4) is 0 Å². The number of benzene rings is 1. The Morgan fingerprint density at radius 1 is 1.00 bits per heavy atom. The first kappa shape index (κ1) is 20.4. The summed E-state index contributed by atoms with van der Waals surface area (Å²) in [7, 11) is 0. The Kier molecular flexibility index (Phi) is 4.95. The third-order valence-corrected chi connectivity index (χ3v) is 7.32. The van der Waals surface area contributed by atoms with Gasteiger partial charge in [0.05, 0.1) is 0 Å². The summed E-state index contributed by atoms with van der Waals surface area (Å²) in [6, 6.07) is 12.0. The highest BCUT2D eigenvalue weighted by Crippen LogP contribution is 2.37. The molecule has 1 aromatic carbocycles. The minimum Gasteiger partial charge on any atom is -0.367 e. The molecular weight excluding hydrogens is 406 g/mol. The van der Waals surface area contributed by atoms with Crippen LogP contribution in [0.15, 0.2) is 42.7 Å². The van der Waals surface area contributed by atoms with E-state index in [0.29, 0.717) is 6.04 Å². The fourth-order valence-electron chi connectivity index (χ4n) is 5.63. The molecular formula is C28H31N5. The summed E-state index contributed by atoms with van der Waals surface area (Å²) >= 11 is 0. The molecule has 2 aliphatic heterocycles. The zero-order chi connectivity index (χ0) is 22.5. The molecule has 0 unspecified atom stereocenters. The number of rotatable bonds is 3. The molecule has 0 spiro atoms. The summed E-state index contributed by atoms with van der Waals surface area (Å²) in [5.41, 5.74) is 12.6. The summed E-state index contributed by atoms with van der Waals surface area (Å²) in [5, 5.41) is 4.97. The minimum atomic E-state index is 0.435. The van der Waals surface area contributed by atoms with E-state index in [1.165, 1.54) is 57.3 Å². The van der Waals surface area contributed by atoms with Crippen molar-refractivity contribution in [3.8, 4) is 11.1 Å². The smallest absolute Gasteiger partial charge is 0.137 e. The lowest BCUT2D eigenvalue weighted by atomic mass is 9.87. The molecule has 0 radical (unpaired) electrons. The first-order valence-corrected chi connectivity index (χ1v) is 12.1. The van der Waals surface area contributed by atoms with Crippen molar-refractivity contribution in [3.63, 3.8) is 0 Å². The molecule has 0 aliphatic carbocycles. The van der Waals surface area contributed by atoms with Crippen molar-refractivity contribution in [2.75, 3.05) is 18.0 Å². The van der Waals surface area contributed by atoms with Gasteiger partial charge in [-0.15, -0.1) is 0 Å². The third kappa shape index (κ3) is 3.70.